The van der Waals surface area contributed by atoms with Crippen molar-refractivity contribution >= 4 is 5.82 Å². The number of ether oxygens (including phenoxy) is 1. The van der Waals surface area contributed by atoms with E-state index in [0.29, 0.717) is 5.76 Å². The maximum absolute atomic E-state index is 8.90. The van der Waals surface area contributed by atoms with Crippen LogP contribution in [-0.2, 0) is 0 Å². The zero-order chi connectivity index (χ0) is 11.5. The summed E-state index contributed by atoms with van der Waals surface area (Å²) in [5.41, 5.74) is 6.49. The summed E-state index contributed by atoms with van der Waals surface area (Å²) < 4.78 is 10.0. The average molecular weight is 215 g/mol. The molecule has 2 rings (SSSR count). The lowest BCUT2D eigenvalue weighted by Crippen LogP contribution is -1.88. The molecule has 0 radical (unpaired) electrons. The van der Waals surface area contributed by atoms with Crippen molar-refractivity contribution in [2.75, 3.05) is 12.8 Å². The lowest BCUT2D eigenvalue weighted by atomic mass is 10.1. The Balaban J connectivity index is 2.47. The standard InChI is InChI=1S/C11H9N3O2/c1-15-8-4-2-7(3-5-8)10-9(6-12)11(13)14-16-10/h2-5H,1H3,(H2,13,14). The van der Waals surface area contributed by atoms with Gasteiger partial charge in [-0.2, -0.15) is 5.26 Å². The predicted molar refractivity (Wildman–Crippen MR) is 57.6 cm³/mol. The molecular formula is C11H9N3O2. The van der Waals surface area contributed by atoms with E-state index in [9.17, 15) is 0 Å². The van der Waals surface area contributed by atoms with E-state index in [0.717, 1.165) is 11.3 Å². The molecule has 16 heavy (non-hydrogen) atoms. The second-order valence-electron chi connectivity index (χ2n) is 3.11. The van der Waals surface area contributed by atoms with Gasteiger partial charge in [0.1, 0.15) is 17.4 Å². The first-order valence-electron chi connectivity index (χ1n) is 4.56. The van der Waals surface area contributed by atoms with Crippen LogP contribution in [0.1, 0.15) is 5.56 Å². The van der Waals surface area contributed by atoms with E-state index in [1.165, 1.54) is 0 Å². The van der Waals surface area contributed by atoms with Gasteiger partial charge in [0.2, 0.25) is 0 Å². The van der Waals surface area contributed by atoms with Crippen LogP contribution in [0.5, 0.6) is 5.75 Å². The minimum absolute atomic E-state index is 0.105. The molecule has 1 heterocycles. The highest BCUT2D eigenvalue weighted by molar-refractivity contribution is 5.70. The van der Waals surface area contributed by atoms with Crippen LogP contribution in [-0.4, -0.2) is 12.3 Å². The van der Waals surface area contributed by atoms with E-state index in [1.54, 1.807) is 31.4 Å². The third kappa shape index (κ3) is 1.57. The topological polar surface area (TPSA) is 85.1 Å². The average Bonchev–Trinajstić information content (AvgIpc) is 2.70. The third-order valence-corrected chi connectivity index (χ3v) is 2.18. The number of nitrogens with zero attached hydrogens (tertiary/aromatic N) is 2. The zero-order valence-electron chi connectivity index (χ0n) is 8.60. The van der Waals surface area contributed by atoms with Gasteiger partial charge in [-0.05, 0) is 24.3 Å². The van der Waals surface area contributed by atoms with Crippen LogP contribution in [0, 0.1) is 11.3 Å². The molecule has 0 fully saturated rings. The van der Waals surface area contributed by atoms with Crippen molar-refractivity contribution in [2.45, 2.75) is 0 Å². The summed E-state index contributed by atoms with van der Waals surface area (Å²) >= 11 is 0. The third-order valence-electron chi connectivity index (χ3n) is 2.18. The first kappa shape index (κ1) is 10.1. The molecule has 0 saturated carbocycles. The van der Waals surface area contributed by atoms with Crippen molar-refractivity contribution in [1.29, 1.82) is 5.26 Å². The lowest BCUT2D eigenvalue weighted by Gasteiger charge is -2.00. The first-order valence-corrected chi connectivity index (χ1v) is 4.56. The molecule has 0 bridgehead atoms. The number of hydrogen-bond donors (Lipinski definition) is 1. The van der Waals surface area contributed by atoms with E-state index < -0.39 is 0 Å². The maximum Gasteiger partial charge on any atom is 0.186 e. The largest absolute Gasteiger partial charge is 0.497 e. The highest BCUT2D eigenvalue weighted by atomic mass is 16.5. The zero-order valence-corrected chi connectivity index (χ0v) is 8.60. The second-order valence-corrected chi connectivity index (χ2v) is 3.11. The summed E-state index contributed by atoms with van der Waals surface area (Å²) in [5, 5.41) is 12.5. The van der Waals surface area contributed by atoms with Crippen molar-refractivity contribution in [1.82, 2.24) is 5.16 Å². The van der Waals surface area contributed by atoms with Crippen molar-refractivity contribution in [2.24, 2.45) is 0 Å². The molecule has 5 nitrogen and oxygen atoms in total. The Labute approximate surface area is 92.0 Å². The normalized spacial score (nSPS) is 9.75. The number of anilines is 1. The molecule has 0 saturated heterocycles. The number of nitriles is 1. The SMILES string of the molecule is COc1ccc(-c2onc(N)c2C#N)cc1. The molecule has 1 aromatic carbocycles. The predicted octanol–water partition coefficient (Wildman–Crippen LogP) is 1.80. The number of benzene rings is 1. The molecule has 0 aliphatic carbocycles. The minimum atomic E-state index is 0.105. The summed E-state index contributed by atoms with van der Waals surface area (Å²) in [4.78, 5) is 0. The Morgan fingerprint density at radius 3 is 2.62 bits per heavy atom. The highest BCUT2D eigenvalue weighted by Crippen LogP contribution is 2.28. The summed E-state index contributed by atoms with van der Waals surface area (Å²) in [5.74, 6) is 1.21. The molecule has 0 spiro atoms. The van der Waals surface area contributed by atoms with Crippen LogP contribution in [0.3, 0.4) is 0 Å². The van der Waals surface area contributed by atoms with Crippen molar-refractivity contribution in [3.05, 3.63) is 29.8 Å². The molecule has 5 heteroatoms. The molecule has 1 aromatic heterocycles. The van der Waals surface area contributed by atoms with Gasteiger partial charge in [-0.25, -0.2) is 0 Å². The van der Waals surface area contributed by atoms with Gasteiger partial charge in [0.05, 0.1) is 7.11 Å². The van der Waals surface area contributed by atoms with Crippen LogP contribution in [0.15, 0.2) is 28.8 Å². The second kappa shape index (κ2) is 3.95. The van der Waals surface area contributed by atoms with Crippen LogP contribution in [0.25, 0.3) is 11.3 Å². The number of methoxy groups -OCH3 is 1. The van der Waals surface area contributed by atoms with Gasteiger partial charge in [-0.3, -0.25) is 0 Å². The fourth-order valence-electron chi connectivity index (χ4n) is 1.35. The lowest BCUT2D eigenvalue weighted by molar-refractivity contribution is 0.414. The van der Waals surface area contributed by atoms with Crippen molar-refractivity contribution < 1.29 is 9.26 Å². The Morgan fingerprint density at radius 2 is 2.06 bits per heavy atom. The van der Waals surface area contributed by atoms with Crippen LogP contribution >= 0.6 is 0 Å². The number of hydrogen-bond acceptors (Lipinski definition) is 5. The fraction of sp³-hybridized carbons (Fsp3) is 0.0909. The minimum Gasteiger partial charge on any atom is -0.497 e. The van der Waals surface area contributed by atoms with Gasteiger partial charge < -0.3 is 15.0 Å². The summed E-state index contributed by atoms with van der Waals surface area (Å²) in [6.45, 7) is 0. The Bertz CT molecular complexity index is 537. The van der Waals surface area contributed by atoms with Gasteiger partial charge >= 0.3 is 0 Å². The summed E-state index contributed by atoms with van der Waals surface area (Å²) in [6, 6.07) is 9.06. The first-order chi connectivity index (χ1) is 7.76. The van der Waals surface area contributed by atoms with Gasteiger partial charge in [-0.15, -0.1) is 0 Å². The van der Waals surface area contributed by atoms with E-state index in [4.69, 9.17) is 20.3 Å². The molecule has 0 unspecified atom stereocenters. The van der Waals surface area contributed by atoms with Gasteiger partial charge in [0.15, 0.2) is 11.6 Å². The highest BCUT2D eigenvalue weighted by Gasteiger charge is 2.14. The number of nitrogens with two attached hydrogens (primary N) is 1. The Kier molecular flexibility index (Phi) is 2.48. The van der Waals surface area contributed by atoms with Gasteiger partial charge in [0.25, 0.3) is 0 Å². The number of nitrogen functional groups attached to an aromatic ring is 1. The number of aromatic nitrogens is 1. The summed E-state index contributed by atoms with van der Waals surface area (Å²) in [7, 11) is 1.59. The fourth-order valence-corrected chi connectivity index (χ4v) is 1.35. The van der Waals surface area contributed by atoms with Crippen molar-refractivity contribution in [3.63, 3.8) is 0 Å². The number of rotatable bonds is 2. The van der Waals surface area contributed by atoms with Crippen LogP contribution in [0.4, 0.5) is 5.82 Å². The molecule has 80 valence electrons. The molecule has 2 aromatic rings. The van der Waals surface area contributed by atoms with E-state index in [1.807, 2.05) is 6.07 Å². The Hall–Kier alpha value is -2.48. The van der Waals surface area contributed by atoms with E-state index in [2.05, 4.69) is 5.16 Å². The molecule has 0 amide bonds. The van der Waals surface area contributed by atoms with E-state index in [-0.39, 0.29) is 11.4 Å². The van der Waals surface area contributed by atoms with Crippen LogP contribution < -0.4 is 10.5 Å². The molecule has 0 atom stereocenters. The van der Waals surface area contributed by atoms with Gasteiger partial charge in [0, 0.05) is 5.56 Å². The van der Waals surface area contributed by atoms with Crippen molar-refractivity contribution in [3.8, 4) is 23.1 Å². The van der Waals surface area contributed by atoms with E-state index >= 15 is 0 Å². The Morgan fingerprint density at radius 1 is 1.38 bits per heavy atom. The van der Waals surface area contributed by atoms with Gasteiger partial charge in [-0.1, -0.05) is 5.16 Å². The molecular weight excluding hydrogens is 206 g/mol. The molecule has 0 aliphatic heterocycles. The van der Waals surface area contributed by atoms with Crippen LogP contribution in [0.2, 0.25) is 0 Å². The monoisotopic (exact) mass is 215 g/mol. The maximum atomic E-state index is 8.90. The summed E-state index contributed by atoms with van der Waals surface area (Å²) in [6.07, 6.45) is 0. The smallest absolute Gasteiger partial charge is 0.186 e. The molecule has 0 aliphatic rings. The molecule has 2 N–H and O–H groups in total. The quantitative estimate of drug-likeness (QED) is 0.825.